The number of halogens is 1. The minimum Gasteiger partial charge on any atom is -0.330 e. The molecule has 4 heteroatoms. The first-order chi connectivity index (χ1) is 7.72. The molecule has 2 N–H and O–H groups in total. The van der Waals surface area contributed by atoms with Crippen LogP contribution in [0.15, 0.2) is 35.2 Å². The number of rotatable bonds is 3. The zero-order valence-electron chi connectivity index (χ0n) is 9.15. The predicted octanol–water partition coefficient (Wildman–Crippen LogP) is 2.44. The molecule has 3 nitrogen and oxygen atoms in total. The quantitative estimate of drug-likeness (QED) is 0.938. The van der Waals surface area contributed by atoms with Gasteiger partial charge in [0.1, 0.15) is 0 Å². The van der Waals surface area contributed by atoms with E-state index in [9.17, 15) is 0 Å². The van der Waals surface area contributed by atoms with Gasteiger partial charge in [0.05, 0.1) is 6.33 Å². The molecule has 16 heavy (non-hydrogen) atoms. The summed E-state index contributed by atoms with van der Waals surface area (Å²) in [6, 6.07) is 6.25. The Morgan fingerprint density at radius 2 is 2.25 bits per heavy atom. The van der Waals surface area contributed by atoms with E-state index in [1.165, 1.54) is 5.56 Å². The maximum Gasteiger partial charge on any atom is 0.0994 e. The Bertz CT molecular complexity index is 491. The molecule has 0 fully saturated rings. The zero-order valence-corrected chi connectivity index (χ0v) is 10.7. The van der Waals surface area contributed by atoms with Gasteiger partial charge in [-0.15, -0.1) is 0 Å². The fourth-order valence-corrected chi connectivity index (χ4v) is 1.91. The van der Waals surface area contributed by atoms with E-state index in [2.05, 4.69) is 50.6 Å². The molecule has 0 unspecified atom stereocenters. The second-order valence-electron chi connectivity index (χ2n) is 3.73. The molecule has 0 aliphatic rings. The monoisotopic (exact) mass is 279 g/mol. The zero-order chi connectivity index (χ0) is 11.5. The van der Waals surface area contributed by atoms with Gasteiger partial charge in [-0.1, -0.05) is 15.9 Å². The molecule has 0 radical (unpaired) electrons. The van der Waals surface area contributed by atoms with Crippen LogP contribution in [0.5, 0.6) is 0 Å². The summed E-state index contributed by atoms with van der Waals surface area (Å²) in [7, 11) is 0. The van der Waals surface area contributed by atoms with E-state index in [0.29, 0.717) is 6.54 Å². The van der Waals surface area contributed by atoms with E-state index in [1.54, 1.807) is 0 Å². The maximum absolute atomic E-state index is 5.57. The highest BCUT2D eigenvalue weighted by atomic mass is 79.9. The molecule has 1 heterocycles. The van der Waals surface area contributed by atoms with Crippen molar-refractivity contribution in [3.8, 4) is 5.69 Å². The normalized spacial score (nSPS) is 10.7. The minimum atomic E-state index is 0.640. The van der Waals surface area contributed by atoms with Gasteiger partial charge >= 0.3 is 0 Å². The fourth-order valence-electron chi connectivity index (χ4n) is 1.67. The summed E-state index contributed by atoms with van der Waals surface area (Å²) in [6.07, 6.45) is 4.53. The summed E-state index contributed by atoms with van der Waals surface area (Å²) in [5.41, 5.74) is 9.05. The Morgan fingerprint density at radius 1 is 1.44 bits per heavy atom. The van der Waals surface area contributed by atoms with E-state index in [0.717, 1.165) is 22.3 Å². The largest absolute Gasteiger partial charge is 0.330 e. The lowest BCUT2D eigenvalue weighted by molar-refractivity contribution is 0.873. The minimum absolute atomic E-state index is 0.640. The number of aryl methyl sites for hydroxylation is 1. The third kappa shape index (κ3) is 2.18. The fraction of sp³-hybridized carbons (Fsp3) is 0.250. The molecular formula is C12H14BrN3. The standard InChI is InChI=1S/C12H14BrN3/c1-9-6-10(2-3-12(9)13)16-8-15-7-11(16)4-5-14/h2-3,6-8H,4-5,14H2,1H3. The lowest BCUT2D eigenvalue weighted by Crippen LogP contribution is -2.07. The number of imidazole rings is 1. The Hall–Kier alpha value is -1.13. The van der Waals surface area contributed by atoms with Crippen LogP contribution in [0.1, 0.15) is 11.3 Å². The first kappa shape index (κ1) is 11.4. The van der Waals surface area contributed by atoms with Crippen molar-refractivity contribution in [3.05, 3.63) is 46.5 Å². The summed E-state index contributed by atoms with van der Waals surface area (Å²) in [6.45, 7) is 2.72. The molecule has 1 aromatic carbocycles. The van der Waals surface area contributed by atoms with Gasteiger partial charge in [0.2, 0.25) is 0 Å². The molecule has 0 saturated carbocycles. The topological polar surface area (TPSA) is 43.8 Å². The average Bonchev–Trinajstić information content (AvgIpc) is 2.71. The van der Waals surface area contributed by atoms with Crippen molar-refractivity contribution in [1.82, 2.24) is 9.55 Å². The number of hydrogen-bond donors (Lipinski definition) is 1. The second-order valence-corrected chi connectivity index (χ2v) is 4.58. The Kier molecular flexibility index (Phi) is 3.41. The van der Waals surface area contributed by atoms with E-state index in [4.69, 9.17) is 5.73 Å². The van der Waals surface area contributed by atoms with Crippen LogP contribution in [0.25, 0.3) is 5.69 Å². The van der Waals surface area contributed by atoms with Gasteiger partial charge in [-0.2, -0.15) is 0 Å². The molecular weight excluding hydrogens is 266 g/mol. The highest BCUT2D eigenvalue weighted by molar-refractivity contribution is 9.10. The molecule has 0 aliphatic carbocycles. The molecule has 0 atom stereocenters. The maximum atomic E-state index is 5.57. The molecule has 1 aromatic heterocycles. The van der Waals surface area contributed by atoms with Crippen molar-refractivity contribution in [1.29, 1.82) is 0 Å². The van der Waals surface area contributed by atoms with Crippen LogP contribution in [-0.4, -0.2) is 16.1 Å². The van der Waals surface area contributed by atoms with Crippen molar-refractivity contribution < 1.29 is 0 Å². The van der Waals surface area contributed by atoms with Gasteiger partial charge in [0.15, 0.2) is 0 Å². The lowest BCUT2D eigenvalue weighted by Gasteiger charge is -2.09. The lowest BCUT2D eigenvalue weighted by atomic mass is 10.2. The predicted molar refractivity (Wildman–Crippen MR) is 68.8 cm³/mol. The van der Waals surface area contributed by atoms with Crippen molar-refractivity contribution in [2.45, 2.75) is 13.3 Å². The Morgan fingerprint density at radius 3 is 2.94 bits per heavy atom. The van der Waals surface area contributed by atoms with Crippen LogP contribution in [0.2, 0.25) is 0 Å². The van der Waals surface area contributed by atoms with Gasteiger partial charge in [-0.05, 0) is 37.2 Å². The molecule has 0 saturated heterocycles. The summed E-state index contributed by atoms with van der Waals surface area (Å²) < 4.78 is 3.20. The van der Waals surface area contributed by atoms with Gasteiger partial charge in [0.25, 0.3) is 0 Å². The summed E-state index contributed by atoms with van der Waals surface area (Å²) in [5.74, 6) is 0. The van der Waals surface area contributed by atoms with Crippen LogP contribution in [0.3, 0.4) is 0 Å². The van der Waals surface area contributed by atoms with Crippen LogP contribution < -0.4 is 5.73 Å². The van der Waals surface area contributed by atoms with E-state index < -0.39 is 0 Å². The first-order valence-corrected chi connectivity index (χ1v) is 5.99. The highest BCUT2D eigenvalue weighted by Crippen LogP contribution is 2.20. The number of hydrogen-bond acceptors (Lipinski definition) is 2. The molecule has 0 amide bonds. The number of nitrogens with two attached hydrogens (primary N) is 1. The Balaban J connectivity index is 2.42. The number of benzene rings is 1. The Labute approximate surface area is 103 Å². The van der Waals surface area contributed by atoms with Crippen LogP contribution in [-0.2, 0) is 6.42 Å². The van der Waals surface area contributed by atoms with Crippen molar-refractivity contribution in [3.63, 3.8) is 0 Å². The molecule has 2 aromatic rings. The summed E-state index contributed by atoms with van der Waals surface area (Å²) in [4.78, 5) is 4.16. The van der Waals surface area contributed by atoms with Crippen molar-refractivity contribution in [2.24, 2.45) is 5.73 Å². The molecule has 84 valence electrons. The van der Waals surface area contributed by atoms with Gasteiger partial charge in [-0.25, -0.2) is 4.98 Å². The SMILES string of the molecule is Cc1cc(-n2cncc2CCN)ccc1Br. The number of nitrogens with zero attached hydrogens (tertiary/aromatic N) is 2. The molecule has 2 rings (SSSR count). The van der Waals surface area contributed by atoms with Gasteiger partial charge in [0, 0.05) is 28.5 Å². The van der Waals surface area contributed by atoms with Crippen LogP contribution >= 0.6 is 15.9 Å². The van der Waals surface area contributed by atoms with E-state index in [1.807, 2.05) is 12.5 Å². The van der Waals surface area contributed by atoms with Crippen LogP contribution in [0, 0.1) is 6.92 Å². The van der Waals surface area contributed by atoms with Gasteiger partial charge in [-0.3, -0.25) is 0 Å². The molecule has 0 bridgehead atoms. The molecule has 0 aliphatic heterocycles. The third-order valence-corrected chi connectivity index (χ3v) is 3.43. The highest BCUT2D eigenvalue weighted by Gasteiger charge is 2.04. The van der Waals surface area contributed by atoms with Crippen LogP contribution in [0.4, 0.5) is 0 Å². The third-order valence-electron chi connectivity index (χ3n) is 2.54. The smallest absolute Gasteiger partial charge is 0.0994 e. The summed E-state index contributed by atoms with van der Waals surface area (Å²) >= 11 is 3.50. The van der Waals surface area contributed by atoms with Crippen molar-refractivity contribution >= 4 is 15.9 Å². The second kappa shape index (κ2) is 4.80. The van der Waals surface area contributed by atoms with Gasteiger partial charge < -0.3 is 10.3 Å². The summed E-state index contributed by atoms with van der Waals surface area (Å²) in [5, 5.41) is 0. The van der Waals surface area contributed by atoms with E-state index in [-0.39, 0.29) is 0 Å². The average molecular weight is 280 g/mol. The first-order valence-electron chi connectivity index (χ1n) is 5.20. The number of aromatic nitrogens is 2. The van der Waals surface area contributed by atoms with Crippen molar-refractivity contribution in [2.75, 3.05) is 6.54 Å². The van der Waals surface area contributed by atoms with E-state index >= 15 is 0 Å². The molecule has 0 spiro atoms.